The van der Waals surface area contributed by atoms with Crippen molar-refractivity contribution in [2.24, 2.45) is 10.7 Å². The topological polar surface area (TPSA) is 71.4 Å². The van der Waals surface area contributed by atoms with Crippen LogP contribution in [0.2, 0.25) is 0 Å². The van der Waals surface area contributed by atoms with Crippen LogP contribution in [0.25, 0.3) is 0 Å². The van der Waals surface area contributed by atoms with Gasteiger partial charge in [-0.15, -0.1) is 0 Å². The van der Waals surface area contributed by atoms with E-state index in [4.69, 9.17) is 10.5 Å². The van der Waals surface area contributed by atoms with Crippen LogP contribution in [-0.4, -0.2) is 12.8 Å². The van der Waals surface area contributed by atoms with E-state index >= 15 is 0 Å². The van der Waals surface area contributed by atoms with Crippen molar-refractivity contribution in [1.29, 1.82) is 5.26 Å². The molecule has 4 rings (SSSR count). The first-order chi connectivity index (χ1) is 13.7. The first-order valence-electron chi connectivity index (χ1n) is 8.96. The predicted molar refractivity (Wildman–Crippen MR) is 110 cm³/mol. The number of allylic oxidation sites excluding steroid dienone is 1. The van der Waals surface area contributed by atoms with E-state index in [1.807, 2.05) is 84.9 Å². The molecule has 0 fully saturated rings. The number of methoxy groups -OCH3 is 1. The highest BCUT2D eigenvalue weighted by atomic mass is 16.5. The van der Waals surface area contributed by atoms with Crippen LogP contribution in [-0.2, 0) is 5.41 Å². The average Bonchev–Trinajstić information content (AvgIpc) is 3.08. The second-order valence-corrected chi connectivity index (χ2v) is 6.54. The summed E-state index contributed by atoms with van der Waals surface area (Å²) >= 11 is 0. The molecule has 1 aliphatic heterocycles. The largest absolute Gasteiger partial charge is 0.497 e. The number of rotatable bonds is 4. The Kier molecular flexibility index (Phi) is 4.42. The van der Waals surface area contributed by atoms with E-state index in [0.717, 1.165) is 28.2 Å². The first kappa shape index (κ1) is 17.6. The number of nitrogens with two attached hydrogens (primary N) is 1. The molecular formula is C24H19N3O. The van der Waals surface area contributed by atoms with E-state index in [9.17, 15) is 5.26 Å². The second-order valence-electron chi connectivity index (χ2n) is 6.54. The van der Waals surface area contributed by atoms with Crippen LogP contribution in [0, 0.1) is 11.3 Å². The zero-order valence-electron chi connectivity index (χ0n) is 15.5. The molecule has 1 aliphatic rings. The highest BCUT2D eigenvalue weighted by molar-refractivity contribution is 6.15. The smallest absolute Gasteiger partial charge is 0.139 e. The van der Waals surface area contributed by atoms with Gasteiger partial charge in [0.05, 0.1) is 18.4 Å². The average molecular weight is 365 g/mol. The summed E-state index contributed by atoms with van der Waals surface area (Å²) in [6, 6.07) is 29.9. The summed E-state index contributed by atoms with van der Waals surface area (Å²) in [5.41, 5.74) is 9.38. The van der Waals surface area contributed by atoms with Gasteiger partial charge in [-0.1, -0.05) is 60.7 Å². The van der Waals surface area contributed by atoms with Crippen molar-refractivity contribution in [2.45, 2.75) is 5.41 Å². The lowest BCUT2D eigenvalue weighted by atomic mass is 9.65. The van der Waals surface area contributed by atoms with Crippen LogP contribution >= 0.6 is 0 Å². The van der Waals surface area contributed by atoms with Crippen molar-refractivity contribution in [2.75, 3.05) is 7.11 Å². The lowest BCUT2D eigenvalue weighted by Gasteiger charge is -2.33. The van der Waals surface area contributed by atoms with Crippen LogP contribution in [0.5, 0.6) is 5.75 Å². The number of ether oxygens (including phenoxy) is 1. The molecule has 0 spiro atoms. The Morgan fingerprint density at radius 2 is 1.39 bits per heavy atom. The monoisotopic (exact) mass is 365 g/mol. The normalized spacial score (nSPS) is 15.1. The van der Waals surface area contributed by atoms with Gasteiger partial charge in [0.25, 0.3) is 0 Å². The Labute approximate surface area is 164 Å². The molecule has 0 atom stereocenters. The Hall–Kier alpha value is -3.84. The molecule has 136 valence electrons. The van der Waals surface area contributed by atoms with Crippen molar-refractivity contribution in [3.8, 4) is 11.8 Å². The number of nitrogens with zero attached hydrogens (tertiary/aromatic N) is 2. The zero-order valence-corrected chi connectivity index (χ0v) is 15.5. The van der Waals surface area contributed by atoms with Crippen LogP contribution in [0.4, 0.5) is 0 Å². The van der Waals surface area contributed by atoms with E-state index in [2.05, 4.69) is 11.1 Å². The Morgan fingerprint density at radius 1 is 0.857 bits per heavy atom. The molecule has 28 heavy (non-hydrogen) atoms. The Bertz CT molecular complexity index is 1050. The summed E-state index contributed by atoms with van der Waals surface area (Å²) in [4.78, 5) is 4.68. The van der Waals surface area contributed by atoms with Gasteiger partial charge < -0.3 is 10.5 Å². The lowest BCUT2D eigenvalue weighted by Crippen LogP contribution is -2.37. The van der Waals surface area contributed by atoms with E-state index in [1.54, 1.807) is 7.11 Å². The van der Waals surface area contributed by atoms with Gasteiger partial charge >= 0.3 is 0 Å². The van der Waals surface area contributed by atoms with Gasteiger partial charge in [0.1, 0.15) is 23.1 Å². The molecular weight excluding hydrogens is 346 g/mol. The van der Waals surface area contributed by atoms with Crippen LogP contribution in [0.1, 0.15) is 16.7 Å². The van der Waals surface area contributed by atoms with Gasteiger partial charge in [-0.05, 0) is 41.0 Å². The minimum absolute atomic E-state index is 0.251. The fourth-order valence-corrected chi connectivity index (χ4v) is 3.85. The Balaban J connectivity index is 2.05. The molecule has 0 saturated carbocycles. The molecule has 4 heteroatoms. The third-order valence-electron chi connectivity index (χ3n) is 5.11. The molecule has 4 nitrogen and oxygen atoms in total. The van der Waals surface area contributed by atoms with E-state index in [-0.39, 0.29) is 5.82 Å². The molecule has 3 aromatic rings. The standard InChI is InChI=1S/C24H19N3O/c1-28-20-14-12-17(13-15-20)22-24(18-8-4-2-5-9-18,19-10-6-3-7-11-19)21(16-25)23(26)27-22/h2-15H,26H2,1H3. The fourth-order valence-electron chi connectivity index (χ4n) is 3.85. The van der Waals surface area contributed by atoms with Gasteiger partial charge in [0.2, 0.25) is 0 Å². The van der Waals surface area contributed by atoms with Gasteiger partial charge in [0.15, 0.2) is 0 Å². The summed E-state index contributed by atoms with van der Waals surface area (Å²) in [6.07, 6.45) is 0. The first-order valence-corrected chi connectivity index (χ1v) is 8.96. The third kappa shape index (κ3) is 2.57. The molecule has 0 aromatic heterocycles. The number of hydrogen-bond donors (Lipinski definition) is 1. The number of aliphatic imine (C=N–C) groups is 1. The second kappa shape index (κ2) is 7.05. The predicted octanol–water partition coefficient (Wildman–Crippen LogP) is 4.18. The van der Waals surface area contributed by atoms with Crippen molar-refractivity contribution >= 4 is 5.71 Å². The Morgan fingerprint density at radius 3 is 1.86 bits per heavy atom. The van der Waals surface area contributed by atoms with Crippen molar-refractivity contribution in [3.05, 3.63) is 113 Å². The van der Waals surface area contributed by atoms with Crippen molar-refractivity contribution in [3.63, 3.8) is 0 Å². The highest BCUT2D eigenvalue weighted by Crippen LogP contribution is 2.46. The summed E-state index contributed by atoms with van der Waals surface area (Å²) in [5, 5.41) is 10.1. The molecule has 3 aromatic carbocycles. The summed E-state index contributed by atoms with van der Waals surface area (Å²) in [5.74, 6) is 1.01. The molecule has 0 radical (unpaired) electrons. The number of benzene rings is 3. The van der Waals surface area contributed by atoms with Crippen molar-refractivity contribution < 1.29 is 4.74 Å². The maximum atomic E-state index is 10.1. The summed E-state index contributed by atoms with van der Waals surface area (Å²) in [6.45, 7) is 0. The highest BCUT2D eigenvalue weighted by Gasteiger charge is 2.48. The van der Waals surface area contributed by atoms with Gasteiger partial charge in [-0.2, -0.15) is 5.26 Å². The minimum Gasteiger partial charge on any atom is -0.497 e. The SMILES string of the molecule is COc1ccc(C2=NC(N)=C(C#N)C2(c2ccccc2)c2ccccc2)cc1. The van der Waals surface area contributed by atoms with E-state index < -0.39 is 5.41 Å². The summed E-state index contributed by atoms with van der Waals surface area (Å²) < 4.78 is 5.29. The quantitative estimate of drug-likeness (QED) is 0.754. The van der Waals surface area contributed by atoms with Gasteiger partial charge in [-0.25, -0.2) is 4.99 Å². The van der Waals surface area contributed by atoms with Gasteiger partial charge in [0, 0.05) is 0 Å². The maximum Gasteiger partial charge on any atom is 0.139 e. The fraction of sp³-hybridized carbons (Fsp3) is 0.0833. The number of nitriles is 1. The minimum atomic E-state index is -0.865. The van der Waals surface area contributed by atoms with E-state index in [1.165, 1.54) is 0 Å². The molecule has 0 amide bonds. The number of hydrogen-bond acceptors (Lipinski definition) is 4. The molecule has 0 saturated heterocycles. The summed E-state index contributed by atoms with van der Waals surface area (Å²) in [7, 11) is 1.63. The third-order valence-corrected chi connectivity index (χ3v) is 5.11. The molecule has 0 unspecified atom stereocenters. The van der Waals surface area contributed by atoms with Crippen LogP contribution < -0.4 is 10.5 Å². The van der Waals surface area contributed by atoms with Crippen LogP contribution in [0.3, 0.4) is 0 Å². The lowest BCUT2D eigenvalue weighted by molar-refractivity contribution is 0.415. The molecule has 0 aliphatic carbocycles. The zero-order chi connectivity index (χ0) is 19.6. The molecule has 1 heterocycles. The van der Waals surface area contributed by atoms with Crippen LogP contribution in [0.15, 0.2) is 101 Å². The van der Waals surface area contributed by atoms with Gasteiger partial charge in [-0.3, -0.25) is 0 Å². The molecule has 2 N–H and O–H groups in total. The molecule has 0 bridgehead atoms. The maximum absolute atomic E-state index is 10.1. The van der Waals surface area contributed by atoms with Crippen molar-refractivity contribution in [1.82, 2.24) is 0 Å². The van der Waals surface area contributed by atoms with E-state index in [0.29, 0.717) is 5.57 Å².